The van der Waals surface area contributed by atoms with E-state index >= 15 is 0 Å². The molecule has 3 nitrogen and oxygen atoms in total. The highest BCUT2D eigenvalue weighted by molar-refractivity contribution is 8.00. The summed E-state index contributed by atoms with van der Waals surface area (Å²) in [6.07, 6.45) is 1.17. The quantitative estimate of drug-likeness (QED) is 0.360. The predicted octanol–water partition coefficient (Wildman–Crippen LogP) is 4.71. The van der Waals surface area contributed by atoms with Gasteiger partial charge in [-0.15, -0.1) is 11.8 Å². The molecule has 1 N–H and O–H groups in total. The van der Waals surface area contributed by atoms with Gasteiger partial charge in [0.25, 0.3) is 0 Å². The van der Waals surface area contributed by atoms with Crippen LogP contribution in [0.3, 0.4) is 0 Å². The van der Waals surface area contributed by atoms with Crippen molar-refractivity contribution in [2.45, 2.75) is 11.2 Å². The molecular weight excluding hydrogens is 412 g/mol. The molecule has 1 aliphatic heterocycles. The molecule has 0 saturated carbocycles. The third kappa shape index (κ3) is 5.44. The molecule has 3 aromatic rings. The third-order valence-corrected chi connectivity index (χ3v) is 7.99. The molecule has 0 atom stereocenters. The fourth-order valence-electron chi connectivity index (χ4n) is 4.66. The van der Waals surface area contributed by atoms with Crippen LogP contribution in [0.1, 0.15) is 23.1 Å². The lowest BCUT2D eigenvalue weighted by Crippen LogP contribution is -2.47. The molecule has 0 radical (unpaired) electrons. The van der Waals surface area contributed by atoms with Crippen molar-refractivity contribution in [3.05, 3.63) is 108 Å². The fourth-order valence-corrected chi connectivity index (χ4v) is 6.15. The zero-order valence-electron chi connectivity index (χ0n) is 18.8. The Labute approximate surface area is 197 Å². The van der Waals surface area contributed by atoms with Crippen LogP contribution in [0.25, 0.3) is 0 Å². The first-order chi connectivity index (χ1) is 15.8. The molecule has 4 rings (SSSR count). The Morgan fingerprint density at radius 3 is 1.44 bits per heavy atom. The highest BCUT2D eigenvalue weighted by Crippen LogP contribution is 2.48. The Balaban J connectivity index is 1.52. The lowest BCUT2D eigenvalue weighted by molar-refractivity contribution is 0.113. The molecule has 0 aromatic heterocycles. The summed E-state index contributed by atoms with van der Waals surface area (Å²) in [6.45, 7) is 6.53. The lowest BCUT2D eigenvalue weighted by Gasteiger charge is -2.36. The van der Waals surface area contributed by atoms with E-state index < -0.39 is 0 Å². The van der Waals surface area contributed by atoms with E-state index in [9.17, 15) is 0 Å². The van der Waals surface area contributed by atoms with Gasteiger partial charge in [-0.3, -0.25) is 4.90 Å². The summed E-state index contributed by atoms with van der Waals surface area (Å²) >= 11 is 2.06. The number of hydrogen-bond acceptors (Lipinski definition) is 4. The van der Waals surface area contributed by atoms with Crippen molar-refractivity contribution in [1.82, 2.24) is 9.80 Å². The van der Waals surface area contributed by atoms with Crippen LogP contribution in [0.5, 0.6) is 0 Å². The van der Waals surface area contributed by atoms with Crippen molar-refractivity contribution in [2.75, 3.05) is 51.6 Å². The SMILES string of the molecule is OCCN1CCN(CCCSC(c2ccccc2)(c2ccccc2)c2ccccc2)CC1. The van der Waals surface area contributed by atoms with Gasteiger partial charge in [-0.25, -0.2) is 0 Å². The van der Waals surface area contributed by atoms with E-state index in [0.29, 0.717) is 0 Å². The summed E-state index contributed by atoms with van der Waals surface area (Å²) in [5.74, 6) is 1.09. The van der Waals surface area contributed by atoms with Crippen molar-refractivity contribution >= 4 is 11.8 Å². The number of nitrogens with zero attached hydrogens (tertiary/aromatic N) is 2. The maximum absolute atomic E-state index is 9.16. The molecule has 1 fully saturated rings. The van der Waals surface area contributed by atoms with Crippen LogP contribution in [-0.4, -0.2) is 66.5 Å². The molecule has 1 heterocycles. The van der Waals surface area contributed by atoms with Gasteiger partial charge < -0.3 is 10.0 Å². The van der Waals surface area contributed by atoms with Crippen LogP contribution in [0.2, 0.25) is 0 Å². The fraction of sp³-hybridized carbons (Fsp3) is 0.357. The van der Waals surface area contributed by atoms with Crippen LogP contribution < -0.4 is 0 Å². The molecule has 0 bridgehead atoms. The van der Waals surface area contributed by atoms with E-state index in [0.717, 1.165) is 45.0 Å². The van der Waals surface area contributed by atoms with Gasteiger partial charge >= 0.3 is 0 Å². The summed E-state index contributed by atoms with van der Waals surface area (Å²) in [5.41, 5.74) is 4.00. The van der Waals surface area contributed by atoms with Crippen LogP contribution in [0.15, 0.2) is 91.0 Å². The smallest absolute Gasteiger partial charge is 0.0906 e. The van der Waals surface area contributed by atoms with Crippen molar-refractivity contribution in [2.24, 2.45) is 0 Å². The lowest BCUT2D eigenvalue weighted by atomic mass is 9.84. The summed E-state index contributed by atoms with van der Waals surface area (Å²) in [5, 5.41) is 9.16. The van der Waals surface area contributed by atoms with Gasteiger partial charge in [0.15, 0.2) is 0 Å². The second-order valence-electron chi connectivity index (χ2n) is 8.39. The Kier molecular flexibility index (Phi) is 8.41. The average Bonchev–Trinajstić information content (AvgIpc) is 2.87. The number of aliphatic hydroxyl groups is 1. The van der Waals surface area contributed by atoms with E-state index in [2.05, 4.69) is 113 Å². The number of β-amino-alcohol motifs (C(OH)–C–C–N with tert-alkyl or cyclic N) is 1. The minimum atomic E-state index is -0.219. The van der Waals surface area contributed by atoms with Crippen LogP contribution in [0.4, 0.5) is 0 Å². The monoisotopic (exact) mass is 446 g/mol. The first kappa shape index (κ1) is 23.1. The topological polar surface area (TPSA) is 26.7 Å². The predicted molar refractivity (Wildman–Crippen MR) is 136 cm³/mol. The second kappa shape index (κ2) is 11.7. The van der Waals surface area contributed by atoms with Crippen molar-refractivity contribution in [3.8, 4) is 0 Å². The summed E-state index contributed by atoms with van der Waals surface area (Å²) in [6, 6.07) is 32.9. The van der Waals surface area contributed by atoms with Gasteiger partial charge in [-0.05, 0) is 35.4 Å². The zero-order valence-corrected chi connectivity index (χ0v) is 19.6. The van der Waals surface area contributed by atoms with Crippen molar-refractivity contribution in [3.63, 3.8) is 0 Å². The van der Waals surface area contributed by atoms with Gasteiger partial charge in [-0.1, -0.05) is 91.0 Å². The summed E-state index contributed by atoms with van der Waals surface area (Å²) in [7, 11) is 0. The second-order valence-corrected chi connectivity index (χ2v) is 9.70. The standard InChI is InChI=1S/C28H34N2OS/c31-23-22-30-20-18-29(19-21-30)17-10-24-32-28(25-11-4-1-5-12-25,26-13-6-2-7-14-26)27-15-8-3-9-16-27/h1-9,11-16,31H,10,17-24H2. The molecule has 0 spiro atoms. The molecular formula is C28H34N2OS. The number of piperazine rings is 1. The molecule has 1 saturated heterocycles. The normalized spacial score (nSPS) is 15.7. The Bertz CT molecular complexity index is 815. The number of benzene rings is 3. The first-order valence-electron chi connectivity index (χ1n) is 11.7. The zero-order chi connectivity index (χ0) is 22.1. The van der Waals surface area contributed by atoms with E-state index in [-0.39, 0.29) is 11.4 Å². The molecule has 4 heteroatoms. The number of rotatable bonds is 10. The van der Waals surface area contributed by atoms with Gasteiger partial charge in [0.2, 0.25) is 0 Å². The Morgan fingerprint density at radius 1 is 0.625 bits per heavy atom. The van der Waals surface area contributed by atoms with E-state index in [1.165, 1.54) is 23.1 Å². The van der Waals surface area contributed by atoms with E-state index in [4.69, 9.17) is 5.11 Å². The number of aliphatic hydroxyl groups excluding tert-OH is 1. The van der Waals surface area contributed by atoms with E-state index in [1.54, 1.807) is 0 Å². The average molecular weight is 447 g/mol. The number of thioether (sulfide) groups is 1. The highest BCUT2D eigenvalue weighted by Gasteiger charge is 2.36. The van der Waals surface area contributed by atoms with Gasteiger partial charge in [0, 0.05) is 32.7 Å². The molecule has 3 aromatic carbocycles. The van der Waals surface area contributed by atoms with Crippen LogP contribution in [-0.2, 0) is 4.75 Å². The Hall–Kier alpha value is -2.11. The minimum absolute atomic E-state index is 0.219. The van der Waals surface area contributed by atoms with Crippen LogP contribution in [0, 0.1) is 0 Å². The van der Waals surface area contributed by atoms with Crippen molar-refractivity contribution in [1.29, 1.82) is 0 Å². The van der Waals surface area contributed by atoms with Crippen LogP contribution >= 0.6 is 11.8 Å². The van der Waals surface area contributed by atoms with Gasteiger partial charge in [-0.2, -0.15) is 0 Å². The number of hydrogen-bond donors (Lipinski definition) is 1. The summed E-state index contributed by atoms with van der Waals surface area (Å²) in [4.78, 5) is 4.93. The van der Waals surface area contributed by atoms with Gasteiger partial charge in [0.05, 0.1) is 11.4 Å². The molecule has 0 unspecified atom stereocenters. The maximum atomic E-state index is 9.16. The summed E-state index contributed by atoms with van der Waals surface area (Å²) < 4.78 is -0.219. The Morgan fingerprint density at radius 2 is 1.03 bits per heavy atom. The minimum Gasteiger partial charge on any atom is -0.395 e. The molecule has 32 heavy (non-hydrogen) atoms. The van der Waals surface area contributed by atoms with E-state index in [1.807, 2.05) is 0 Å². The molecule has 0 aliphatic carbocycles. The van der Waals surface area contributed by atoms with Gasteiger partial charge in [0.1, 0.15) is 0 Å². The molecule has 0 amide bonds. The maximum Gasteiger partial charge on any atom is 0.0906 e. The largest absolute Gasteiger partial charge is 0.395 e. The third-order valence-electron chi connectivity index (χ3n) is 6.36. The molecule has 168 valence electrons. The highest BCUT2D eigenvalue weighted by atomic mass is 32.2. The molecule has 1 aliphatic rings. The van der Waals surface area contributed by atoms with Crippen molar-refractivity contribution < 1.29 is 5.11 Å². The first-order valence-corrected chi connectivity index (χ1v) is 12.7.